The van der Waals surface area contributed by atoms with Crippen LogP contribution in [-0.4, -0.2) is 44.9 Å². The Morgan fingerprint density at radius 3 is 2.62 bits per heavy atom. The van der Waals surface area contributed by atoms with Gasteiger partial charge < -0.3 is 15.7 Å². The number of carboxylic acid groups (broad SMARTS) is 1. The molecule has 9 heteroatoms. The molecule has 0 unspecified atom stereocenters. The van der Waals surface area contributed by atoms with Crippen LogP contribution in [0.25, 0.3) is 0 Å². The van der Waals surface area contributed by atoms with Crippen molar-refractivity contribution in [1.29, 1.82) is 0 Å². The number of nitrogens with one attached hydrogen (secondary N) is 3. The summed E-state index contributed by atoms with van der Waals surface area (Å²) in [6.45, 7) is -0.0379. The zero-order chi connectivity index (χ0) is 15.9. The molecule has 21 heavy (non-hydrogen) atoms. The van der Waals surface area contributed by atoms with E-state index in [1.165, 1.54) is 13.1 Å². The molecule has 0 bridgehead atoms. The van der Waals surface area contributed by atoms with Crippen molar-refractivity contribution in [3.05, 3.63) is 29.8 Å². The predicted molar refractivity (Wildman–Crippen MR) is 77.6 cm³/mol. The third kappa shape index (κ3) is 6.72. The number of carboxylic acids is 1. The Morgan fingerprint density at radius 1 is 1.29 bits per heavy atom. The van der Waals surface area contributed by atoms with Crippen LogP contribution in [0.5, 0.6) is 0 Å². The van der Waals surface area contributed by atoms with Gasteiger partial charge in [-0.1, -0.05) is 12.1 Å². The second-order valence-corrected chi connectivity index (χ2v) is 6.22. The third-order valence-corrected chi connectivity index (χ3v) is 3.87. The number of anilines is 1. The van der Waals surface area contributed by atoms with Gasteiger partial charge in [-0.3, -0.25) is 4.79 Å². The van der Waals surface area contributed by atoms with Crippen molar-refractivity contribution < 1.29 is 23.1 Å². The summed E-state index contributed by atoms with van der Waals surface area (Å²) < 4.78 is 24.4. The average Bonchev–Trinajstić information content (AvgIpc) is 2.38. The molecule has 8 nitrogen and oxygen atoms in total. The van der Waals surface area contributed by atoms with Crippen LogP contribution < -0.4 is 15.4 Å². The maximum atomic E-state index is 11.6. The molecule has 4 N–H and O–H groups in total. The second-order valence-electron chi connectivity index (χ2n) is 4.17. The van der Waals surface area contributed by atoms with Crippen molar-refractivity contribution in [2.45, 2.75) is 6.42 Å². The van der Waals surface area contributed by atoms with Gasteiger partial charge in [0.05, 0.1) is 12.2 Å². The fraction of sp³-hybridized carbons (Fsp3) is 0.333. The molecular weight excluding hydrogens is 298 g/mol. The first-order valence-corrected chi connectivity index (χ1v) is 7.74. The Hall–Kier alpha value is -2.13. The van der Waals surface area contributed by atoms with E-state index in [0.29, 0.717) is 11.3 Å². The molecule has 0 radical (unpaired) electrons. The average molecular weight is 315 g/mol. The Balaban J connectivity index is 2.49. The van der Waals surface area contributed by atoms with E-state index < -0.39 is 22.0 Å². The van der Waals surface area contributed by atoms with Crippen LogP contribution in [0, 0.1) is 0 Å². The number of carbonyl (C=O) groups excluding carboxylic acids is 1. The Labute approximate surface area is 122 Å². The normalized spacial score (nSPS) is 10.9. The first kappa shape index (κ1) is 16.9. The van der Waals surface area contributed by atoms with Crippen molar-refractivity contribution in [1.82, 2.24) is 10.0 Å². The number of benzene rings is 1. The molecule has 2 amide bonds. The molecule has 0 saturated heterocycles. The van der Waals surface area contributed by atoms with Crippen LogP contribution in [0.4, 0.5) is 10.5 Å². The molecule has 1 aromatic carbocycles. The van der Waals surface area contributed by atoms with Crippen LogP contribution in [-0.2, 0) is 21.2 Å². The molecular formula is C12H17N3O5S. The number of sulfonamides is 1. The highest BCUT2D eigenvalue weighted by molar-refractivity contribution is 7.89. The molecule has 1 rings (SSSR count). The van der Waals surface area contributed by atoms with Crippen molar-refractivity contribution >= 4 is 27.7 Å². The predicted octanol–water partition coefficient (Wildman–Crippen LogP) is -0.0156. The largest absolute Gasteiger partial charge is 0.481 e. The van der Waals surface area contributed by atoms with Crippen molar-refractivity contribution in [2.75, 3.05) is 24.7 Å². The lowest BCUT2D eigenvalue weighted by molar-refractivity contribution is -0.136. The first-order chi connectivity index (χ1) is 9.82. The molecule has 0 spiro atoms. The standard InChI is InChI=1S/C12H17N3O5S/c1-13-21(19,20)6-5-14-12(18)15-10-4-2-3-9(7-10)8-11(16)17/h2-4,7,13H,5-6,8H2,1H3,(H,16,17)(H2,14,15,18). The number of hydrogen-bond donors (Lipinski definition) is 4. The molecule has 0 fully saturated rings. The fourth-order valence-electron chi connectivity index (χ4n) is 1.51. The van der Waals surface area contributed by atoms with E-state index in [4.69, 9.17) is 5.11 Å². The molecule has 116 valence electrons. The third-order valence-electron chi connectivity index (χ3n) is 2.51. The number of urea groups is 1. The van der Waals surface area contributed by atoms with Crippen LogP contribution in [0.2, 0.25) is 0 Å². The van der Waals surface area contributed by atoms with Crippen LogP contribution in [0.3, 0.4) is 0 Å². The van der Waals surface area contributed by atoms with Crippen LogP contribution in [0.1, 0.15) is 5.56 Å². The number of hydrogen-bond acceptors (Lipinski definition) is 4. The van der Waals surface area contributed by atoms with Gasteiger partial charge >= 0.3 is 12.0 Å². The van der Waals surface area contributed by atoms with Gasteiger partial charge in [-0.15, -0.1) is 0 Å². The first-order valence-electron chi connectivity index (χ1n) is 6.09. The maximum absolute atomic E-state index is 11.6. The lowest BCUT2D eigenvalue weighted by atomic mass is 10.1. The Bertz CT molecular complexity index is 615. The summed E-state index contributed by atoms with van der Waals surface area (Å²) in [5, 5.41) is 13.6. The minimum absolute atomic E-state index is 0.0379. The van der Waals surface area contributed by atoms with Gasteiger partial charge in [0.2, 0.25) is 10.0 Å². The van der Waals surface area contributed by atoms with Gasteiger partial charge in [0.25, 0.3) is 0 Å². The van der Waals surface area contributed by atoms with Gasteiger partial charge in [0.15, 0.2) is 0 Å². The smallest absolute Gasteiger partial charge is 0.319 e. The minimum Gasteiger partial charge on any atom is -0.481 e. The van der Waals surface area contributed by atoms with E-state index in [9.17, 15) is 18.0 Å². The Morgan fingerprint density at radius 2 is 2.00 bits per heavy atom. The number of aliphatic carboxylic acids is 1. The van der Waals surface area contributed by atoms with Crippen LogP contribution >= 0.6 is 0 Å². The van der Waals surface area contributed by atoms with Crippen molar-refractivity contribution in [2.24, 2.45) is 0 Å². The number of carbonyl (C=O) groups is 2. The van der Waals surface area contributed by atoms with E-state index in [1.54, 1.807) is 18.2 Å². The summed E-state index contributed by atoms with van der Waals surface area (Å²) >= 11 is 0. The second kappa shape index (κ2) is 7.60. The molecule has 0 saturated carbocycles. The summed E-state index contributed by atoms with van der Waals surface area (Å²) in [4.78, 5) is 22.2. The fourth-order valence-corrected chi connectivity index (χ4v) is 2.08. The molecule has 0 heterocycles. The van der Waals surface area contributed by atoms with Gasteiger partial charge in [0.1, 0.15) is 0 Å². The van der Waals surface area contributed by atoms with Crippen molar-refractivity contribution in [3.8, 4) is 0 Å². The molecule has 1 aromatic rings. The Kier molecular flexibility index (Phi) is 6.12. The summed E-state index contributed by atoms with van der Waals surface area (Å²) in [7, 11) is -2.07. The van der Waals surface area contributed by atoms with Gasteiger partial charge in [-0.25, -0.2) is 17.9 Å². The lowest BCUT2D eigenvalue weighted by Gasteiger charge is -2.08. The van der Waals surface area contributed by atoms with Gasteiger partial charge in [-0.2, -0.15) is 0 Å². The maximum Gasteiger partial charge on any atom is 0.319 e. The van der Waals surface area contributed by atoms with Crippen molar-refractivity contribution in [3.63, 3.8) is 0 Å². The minimum atomic E-state index is -3.37. The number of rotatable bonds is 7. The number of amides is 2. The molecule has 0 aliphatic carbocycles. The zero-order valence-corrected chi connectivity index (χ0v) is 12.2. The topological polar surface area (TPSA) is 125 Å². The van der Waals surface area contributed by atoms with Crippen LogP contribution in [0.15, 0.2) is 24.3 Å². The highest BCUT2D eigenvalue weighted by atomic mass is 32.2. The molecule has 0 aromatic heterocycles. The highest BCUT2D eigenvalue weighted by Crippen LogP contribution is 2.11. The van der Waals surface area contributed by atoms with Gasteiger partial charge in [0, 0.05) is 12.2 Å². The van der Waals surface area contributed by atoms with E-state index in [2.05, 4.69) is 15.4 Å². The lowest BCUT2D eigenvalue weighted by Crippen LogP contribution is -2.35. The van der Waals surface area contributed by atoms with E-state index in [1.807, 2.05) is 0 Å². The quantitative estimate of drug-likeness (QED) is 0.563. The molecule has 0 atom stereocenters. The summed E-state index contributed by atoms with van der Waals surface area (Å²) in [6, 6.07) is 5.84. The summed E-state index contributed by atoms with van der Waals surface area (Å²) in [5.41, 5.74) is 0.987. The SMILES string of the molecule is CNS(=O)(=O)CCNC(=O)Nc1cccc(CC(=O)O)c1. The molecule has 0 aliphatic rings. The monoisotopic (exact) mass is 315 g/mol. The van der Waals surface area contributed by atoms with Gasteiger partial charge in [-0.05, 0) is 24.7 Å². The highest BCUT2D eigenvalue weighted by Gasteiger charge is 2.08. The zero-order valence-electron chi connectivity index (χ0n) is 11.4. The van der Waals surface area contributed by atoms with E-state index in [0.717, 1.165) is 0 Å². The van der Waals surface area contributed by atoms with E-state index in [-0.39, 0.29) is 18.7 Å². The molecule has 0 aliphatic heterocycles. The summed E-state index contributed by atoms with van der Waals surface area (Å²) in [6.07, 6.45) is -0.141. The van der Waals surface area contributed by atoms with E-state index >= 15 is 0 Å². The summed E-state index contributed by atoms with van der Waals surface area (Å²) in [5.74, 6) is -1.19.